The van der Waals surface area contributed by atoms with Crippen LogP contribution in [0.2, 0.25) is 0 Å². The zero-order valence-electron chi connectivity index (χ0n) is 46.5. The molecule has 6 rings (SSSR count). The largest absolute Gasteiger partial charge is 0.387 e. The summed E-state index contributed by atoms with van der Waals surface area (Å²) in [5, 5.41) is 123. The van der Waals surface area contributed by atoms with E-state index in [0.29, 0.717) is 25.1 Å². The van der Waals surface area contributed by atoms with Crippen LogP contribution in [0.1, 0.15) is 115 Å². The highest BCUT2D eigenvalue weighted by atomic mass is 16.8. The number of hydrogen-bond donors (Lipinski definition) is 10. The Morgan fingerprint density at radius 3 is 1.22 bits per heavy atom. The van der Waals surface area contributed by atoms with E-state index in [-0.39, 0.29) is 34.7 Å². The molecule has 6 heterocycles. The van der Waals surface area contributed by atoms with Crippen molar-refractivity contribution in [3.63, 3.8) is 0 Å². The minimum Gasteiger partial charge on any atom is -0.387 e. The van der Waals surface area contributed by atoms with E-state index in [1.54, 1.807) is 17.8 Å². The van der Waals surface area contributed by atoms with Crippen LogP contribution in [0.25, 0.3) is 0 Å². The minimum atomic E-state index is -1.82. The molecule has 0 aliphatic carbocycles. The average Bonchev–Trinajstić information content (AvgIpc) is 4.13. The lowest BCUT2D eigenvalue weighted by atomic mass is 9.97. The highest BCUT2D eigenvalue weighted by Crippen LogP contribution is 2.31. The summed E-state index contributed by atoms with van der Waals surface area (Å²) >= 11 is 0. The summed E-state index contributed by atoms with van der Waals surface area (Å²) in [6.07, 6.45) is -21.2. The molecule has 2 aromatic heterocycles. The number of aliphatic hydroxyl groups excluding tert-OH is 10. The molecule has 4 aliphatic rings. The first-order chi connectivity index (χ1) is 36.6. The fourth-order valence-electron chi connectivity index (χ4n) is 8.18. The van der Waals surface area contributed by atoms with Gasteiger partial charge in [0.2, 0.25) is 0 Å². The minimum absolute atomic E-state index is 0. The fourth-order valence-corrected chi connectivity index (χ4v) is 8.18. The summed E-state index contributed by atoms with van der Waals surface area (Å²) in [5.74, 6) is 0. The van der Waals surface area contributed by atoms with Crippen molar-refractivity contribution in [2.24, 2.45) is 0 Å². The smallest absolute Gasteiger partial charge is 0.186 e. The van der Waals surface area contributed by atoms with Crippen molar-refractivity contribution in [3.8, 4) is 0 Å². The van der Waals surface area contributed by atoms with Gasteiger partial charge in [-0.05, 0) is 46.5 Å². The number of hydrogen-bond acceptors (Lipinski definition) is 25. The van der Waals surface area contributed by atoms with Gasteiger partial charge in [0.05, 0.1) is 37.8 Å². The number of ether oxygens (including phenoxy) is 11. The highest BCUT2D eigenvalue weighted by Gasteiger charge is 2.51. The molecule has 0 spiro atoms. The van der Waals surface area contributed by atoms with Gasteiger partial charge in [-0.1, -0.05) is 80.2 Å². The van der Waals surface area contributed by atoms with Gasteiger partial charge < -0.3 is 103 Å². The Bertz CT molecular complexity index is 1760. The summed E-state index contributed by atoms with van der Waals surface area (Å²) in [6.45, 7) is 20.0. The van der Waals surface area contributed by atoms with Crippen molar-refractivity contribution >= 4 is 0 Å². The van der Waals surface area contributed by atoms with Crippen molar-refractivity contribution in [1.82, 2.24) is 30.0 Å². The van der Waals surface area contributed by atoms with Gasteiger partial charge in [-0.25, -0.2) is 0 Å². The van der Waals surface area contributed by atoms with Gasteiger partial charge in [-0.15, -0.1) is 10.2 Å². The molecule has 5 unspecified atom stereocenters. The lowest BCUT2D eigenvalue weighted by Gasteiger charge is -2.45. The van der Waals surface area contributed by atoms with Gasteiger partial charge in [0.1, 0.15) is 97.7 Å². The van der Waals surface area contributed by atoms with Crippen molar-refractivity contribution in [1.29, 1.82) is 0 Å². The molecule has 462 valence electrons. The first-order valence-electron chi connectivity index (χ1n) is 26.9. The van der Waals surface area contributed by atoms with Gasteiger partial charge in [0.15, 0.2) is 25.2 Å². The third-order valence-electron chi connectivity index (χ3n) is 12.3. The Morgan fingerprint density at radius 2 is 0.821 bits per heavy atom. The molecule has 27 heteroatoms. The van der Waals surface area contributed by atoms with Crippen LogP contribution in [0.15, 0.2) is 12.4 Å². The average molecular weight is 1140 g/mol. The SMILES string of the molecule is C.C.CC.CC.CC.CCCCc1cn(CC)nn1.CCOC1[C@H](CO[C@H]2O[C@@H](CO[C@@H]3O[C@@H](CO[C@@H]4O[C@@H](COC)C(O)[C@H](O)[C@@H]4O)C(OCCCc4cn(CC)nn4)[C@H](O)[C@@H]3O)C(O)[C@H](O)[C@@H]2O)OC(OC)[C@@H](O)[C@H]1O. The van der Waals surface area contributed by atoms with E-state index in [0.717, 1.165) is 18.7 Å². The number of aryl methyl sites for hydroxylation is 4. The zero-order valence-corrected chi connectivity index (χ0v) is 46.5. The van der Waals surface area contributed by atoms with E-state index in [1.807, 2.05) is 59.3 Å². The van der Waals surface area contributed by atoms with Gasteiger partial charge in [0.25, 0.3) is 0 Å². The zero-order chi connectivity index (χ0) is 57.1. The van der Waals surface area contributed by atoms with Crippen LogP contribution >= 0.6 is 0 Å². The molecule has 4 fully saturated rings. The number of rotatable bonds is 24. The van der Waals surface area contributed by atoms with E-state index in [4.69, 9.17) is 52.1 Å². The maximum absolute atomic E-state index is 11.3. The number of unbranched alkanes of at least 4 members (excludes halogenated alkanes) is 1. The Balaban J connectivity index is 0.00000271. The molecule has 4 aliphatic heterocycles. The van der Waals surface area contributed by atoms with Crippen molar-refractivity contribution in [3.05, 3.63) is 23.8 Å². The lowest BCUT2D eigenvalue weighted by Crippen LogP contribution is -2.63. The Morgan fingerprint density at radius 1 is 0.449 bits per heavy atom. The van der Waals surface area contributed by atoms with Gasteiger partial charge in [0, 0.05) is 52.9 Å². The maximum Gasteiger partial charge on any atom is 0.186 e. The number of aromatic nitrogens is 6. The van der Waals surface area contributed by atoms with E-state index in [1.165, 1.54) is 27.1 Å². The molecule has 0 amide bonds. The normalized spacial score (nSPS) is 34.4. The van der Waals surface area contributed by atoms with Gasteiger partial charge >= 0.3 is 0 Å². The number of methoxy groups -OCH3 is 2. The second kappa shape index (κ2) is 40.6. The van der Waals surface area contributed by atoms with Crippen LogP contribution in [0.3, 0.4) is 0 Å². The van der Waals surface area contributed by atoms with Crippen LogP contribution in [0.4, 0.5) is 0 Å². The van der Waals surface area contributed by atoms with Crippen LogP contribution < -0.4 is 0 Å². The third-order valence-corrected chi connectivity index (χ3v) is 12.3. The highest BCUT2D eigenvalue weighted by molar-refractivity contribution is 4.96. The Kier molecular flexibility index (Phi) is 39.3. The van der Waals surface area contributed by atoms with E-state index < -0.39 is 143 Å². The topological polar surface area (TPSA) is 365 Å². The molecule has 78 heavy (non-hydrogen) atoms. The second-order valence-electron chi connectivity index (χ2n) is 17.4. The molecule has 0 saturated carbocycles. The van der Waals surface area contributed by atoms with Crippen molar-refractivity contribution < 1.29 is 103 Å². The first kappa shape index (κ1) is 75.4. The van der Waals surface area contributed by atoms with Crippen LogP contribution in [0, 0.1) is 0 Å². The molecule has 27 nitrogen and oxygen atoms in total. The molecule has 4 saturated heterocycles. The van der Waals surface area contributed by atoms with Gasteiger partial charge in [-0.2, -0.15) is 0 Å². The number of nitrogens with zero attached hydrogens (tertiary/aromatic N) is 6. The van der Waals surface area contributed by atoms with E-state index in [2.05, 4.69) is 34.5 Å². The molecule has 0 bridgehead atoms. The molecular weight excluding hydrogens is 1030 g/mol. The van der Waals surface area contributed by atoms with Gasteiger partial charge in [-0.3, -0.25) is 9.36 Å². The summed E-state index contributed by atoms with van der Waals surface area (Å²) < 4.78 is 65.6. The number of aliphatic hydroxyl groups is 10. The van der Waals surface area contributed by atoms with Crippen molar-refractivity contribution in [2.75, 3.05) is 53.9 Å². The standard InChI is InChI=1S/C35H61N3O21.C8H15N3.3C2H6.2CH4/c1-5-38-10-15(36-37-38)8-7-9-52-31-19(14-55-33-26(45)22(41)20(39)16(56-33)11-49-3)59-35(29(48)25(31)44)53-12-17-21(40)23(42)27(46)34(57-17)54-13-18-30(51-6-2)24(43)28(47)32(50-4)58-18;1-3-5-6-8-7-11(4-2)10-9-8;3*1-2;;/h10,16-35,39-48H,5-9,11-14H2,1-4H3;7H,3-6H2,1-2H3;3*1-2H3;2*1H4/t16-,17-,18-,19-,20?,21?,22-,23-,24+,25+,26-,27-,28-,29-,30?,31?,32?,33+,34-,35+;;;;;;/m0....../s1. The first-order valence-corrected chi connectivity index (χ1v) is 26.9. The van der Waals surface area contributed by atoms with Crippen LogP contribution in [-0.2, 0) is 78.0 Å². The molecular formula is C51H102N6O21. The molecule has 10 N–H and O–H groups in total. The van der Waals surface area contributed by atoms with Crippen LogP contribution in [0.5, 0.6) is 0 Å². The molecule has 2 aromatic rings. The summed E-state index contributed by atoms with van der Waals surface area (Å²) in [7, 11) is 2.62. The third kappa shape index (κ3) is 21.6. The van der Waals surface area contributed by atoms with E-state index >= 15 is 0 Å². The summed E-state index contributed by atoms with van der Waals surface area (Å²) in [5.41, 5.74) is 1.83. The fraction of sp³-hybridized carbons (Fsp3) is 0.922. The van der Waals surface area contributed by atoms with E-state index in [9.17, 15) is 51.1 Å². The summed E-state index contributed by atoms with van der Waals surface area (Å²) in [4.78, 5) is 0. The predicted molar refractivity (Wildman–Crippen MR) is 282 cm³/mol. The molecule has 0 aromatic carbocycles. The Hall–Kier alpha value is -2.56. The molecule has 20 atom stereocenters. The Labute approximate surface area is 461 Å². The quantitative estimate of drug-likeness (QED) is 0.0612. The lowest BCUT2D eigenvalue weighted by molar-refractivity contribution is -0.350. The van der Waals surface area contributed by atoms with Crippen LogP contribution in [-0.4, -0.2) is 258 Å². The second-order valence-corrected chi connectivity index (χ2v) is 17.4. The maximum atomic E-state index is 11.3. The van der Waals surface area contributed by atoms with Crippen molar-refractivity contribution in [2.45, 2.75) is 252 Å². The summed E-state index contributed by atoms with van der Waals surface area (Å²) in [6, 6.07) is 0. The monoisotopic (exact) mass is 1130 g/mol. The predicted octanol–water partition coefficient (Wildman–Crippen LogP) is -0.136. The molecule has 0 radical (unpaired) electrons.